The van der Waals surface area contributed by atoms with Crippen LogP contribution in [0.15, 0.2) is 33.2 Å². The van der Waals surface area contributed by atoms with Crippen LogP contribution in [0, 0.1) is 12.8 Å². The molecule has 1 aliphatic rings. The van der Waals surface area contributed by atoms with E-state index in [2.05, 4.69) is 49.7 Å². The van der Waals surface area contributed by atoms with Crippen LogP contribution >= 0.6 is 31.9 Å². The van der Waals surface area contributed by atoms with E-state index in [1.165, 1.54) is 12.8 Å². The first-order valence-electron chi connectivity index (χ1n) is 9.73. The fourth-order valence-corrected chi connectivity index (χ4v) is 4.85. The lowest BCUT2D eigenvalue weighted by Crippen LogP contribution is -2.34. The molecule has 0 radical (unpaired) electrons. The fourth-order valence-electron chi connectivity index (χ4n) is 3.57. The normalized spacial score (nSPS) is 15.1. The van der Waals surface area contributed by atoms with Gasteiger partial charge >= 0.3 is 0 Å². The van der Waals surface area contributed by atoms with Gasteiger partial charge in [0.05, 0.1) is 8.95 Å². The number of nitrogens with zero attached hydrogens (tertiary/aromatic N) is 2. The number of hydrogen-bond acceptors (Lipinski definition) is 4. The summed E-state index contributed by atoms with van der Waals surface area (Å²) in [7, 11) is 0. The Labute approximate surface area is 183 Å². The van der Waals surface area contributed by atoms with Gasteiger partial charge < -0.3 is 10.0 Å². The van der Waals surface area contributed by atoms with Gasteiger partial charge in [0.25, 0.3) is 0 Å². The van der Waals surface area contributed by atoms with Gasteiger partial charge in [0, 0.05) is 31.6 Å². The summed E-state index contributed by atoms with van der Waals surface area (Å²) in [5, 5.41) is 9.82. The summed E-state index contributed by atoms with van der Waals surface area (Å²) in [6.07, 6.45) is 3.93. The maximum absolute atomic E-state index is 12.6. The third kappa shape index (κ3) is 5.35. The predicted molar refractivity (Wildman–Crippen MR) is 120 cm³/mol. The van der Waals surface area contributed by atoms with Crippen LogP contribution in [0.3, 0.4) is 0 Å². The van der Waals surface area contributed by atoms with Gasteiger partial charge in [-0.15, -0.1) is 0 Å². The Balaban J connectivity index is 1.66. The number of pyridine rings is 1. The highest BCUT2D eigenvalue weighted by molar-refractivity contribution is 9.11. The van der Waals surface area contributed by atoms with Crippen LogP contribution in [0.1, 0.15) is 43.0 Å². The highest BCUT2D eigenvalue weighted by atomic mass is 79.9. The Morgan fingerprint density at radius 1 is 1.21 bits per heavy atom. The topological polar surface area (TPSA) is 53.4 Å². The average molecular weight is 510 g/mol. The molecule has 1 N–H and O–H groups in total. The average Bonchev–Trinajstić information content (AvgIpc) is 2.65. The molecule has 0 bridgehead atoms. The van der Waals surface area contributed by atoms with E-state index in [0.29, 0.717) is 28.2 Å². The molecule has 0 saturated carbocycles. The molecule has 3 rings (SSSR count). The summed E-state index contributed by atoms with van der Waals surface area (Å²) in [6, 6.07) is 7.75. The van der Waals surface area contributed by atoms with E-state index in [1.54, 1.807) is 12.1 Å². The van der Waals surface area contributed by atoms with Crippen LogP contribution in [0.2, 0.25) is 0 Å². The van der Waals surface area contributed by atoms with Crippen molar-refractivity contribution in [3.8, 4) is 5.75 Å². The lowest BCUT2D eigenvalue weighted by Gasteiger charge is -2.32. The zero-order valence-corrected chi connectivity index (χ0v) is 19.5. The number of hydrogen-bond donors (Lipinski definition) is 1. The summed E-state index contributed by atoms with van der Waals surface area (Å²) >= 11 is 6.64. The maximum Gasteiger partial charge on any atom is 0.143 e. The van der Waals surface area contributed by atoms with E-state index in [1.807, 2.05) is 13.0 Å². The van der Waals surface area contributed by atoms with Crippen LogP contribution in [-0.4, -0.2) is 29.0 Å². The molecule has 4 nitrogen and oxygen atoms in total. The smallest absolute Gasteiger partial charge is 0.143 e. The second kappa shape index (κ2) is 9.40. The first-order valence-corrected chi connectivity index (χ1v) is 11.3. The number of carbonyl (C=O) groups is 1. The number of phenolic OH excluding ortho intramolecular Hbond substituents is 1. The van der Waals surface area contributed by atoms with Crippen molar-refractivity contribution in [2.45, 2.75) is 46.0 Å². The third-order valence-electron chi connectivity index (χ3n) is 5.33. The zero-order valence-electron chi connectivity index (χ0n) is 16.3. The molecule has 2 heterocycles. The lowest BCUT2D eigenvalue weighted by molar-refractivity contribution is -0.118. The van der Waals surface area contributed by atoms with E-state index >= 15 is 0 Å². The fraction of sp³-hybridized carbons (Fsp3) is 0.455. The molecule has 1 aromatic heterocycles. The van der Waals surface area contributed by atoms with Crippen molar-refractivity contribution in [3.63, 3.8) is 0 Å². The lowest BCUT2D eigenvalue weighted by atomic mass is 9.98. The van der Waals surface area contributed by atoms with E-state index in [4.69, 9.17) is 4.98 Å². The molecule has 1 aliphatic heterocycles. The van der Waals surface area contributed by atoms with Crippen molar-refractivity contribution >= 4 is 43.5 Å². The van der Waals surface area contributed by atoms with Crippen molar-refractivity contribution in [2.75, 3.05) is 18.0 Å². The van der Waals surface area contributed by atoms with Crippen molar-refractivity contribution < 1.29 is 9.90 Å². The van der Waals surface area contributed by atoms with Gasteiger partial charge in [0.2, 0.25) is 0 Å². The maximum atomic E-state index is 12.6. The zero-order chi connectivity index (χ0) is 20.3. The van der Waals surface area contributed by atoms with Crippen molar-refractivity contribution in [1.82, 2.24) is 4.98 Å². The minimum absolute atomic E-state index is 0.155. The monoisotopic (exact) mass is 508 g/mol. The molecule has 0 unspecified atom stereocenters. The van der Waals surface area contributed by atoms with Gasteiger partial charge in [-0.05, 0) is 93.3 Å². The van der Waals surface area contributed by atoms with Crippen LogP contribution in [0.25, 0.3) is 0 Å². The molecular formula is C22H26Br2N2O2. The Morgan fingerprint density at radius 2 is 1.86 bits per heavy atom. The molecule has 150 valence electrons. The van der Waals surface area contributed by atoms with Crippen LogP contribution in [-0.2, 0) is 17.6 Å². The number of anilines is 1. The minimum atomic E-state index is 0.155. The number of aromatic hydroxyl groups is 1. The van der Waals surface area contributed by atoms with E-state index in [0.717, 1.165) is 41.6 Å². The number of carbonyl (C=O) groups excluding carboxylic acids is 1. The first kappa shape index (κ1) is 21.3. The SMILES string of the molecule is Cc1ccc(CCC(=O)Cc2cc(Br)c(O)c(Br)c2)c(N2CCC(C)CC2)n1. The molecule has 0 atom stereocenters. The van der Waals surface area contributed by atoms with E-state index < -0.39 is 0 Å². The summed E-state index contributed by atoms with van der Waals surface area (Å²) in [5.41, 5.74) is 3.05. The molecule has 2 aromatic rings. The number of aromatic nitrogens is 1. The number of halogens is 2. The second-order valence-electron chi connectivity index (χ2n) is 7.73. The largest absolute Gasteiger partial charge is 0.506 e. The number of piperidine rings is 1. The molecule has 28 heavy (non-hydrogen) atoms. The summed E-state index contributed by atoms with van der Waals surface area (Å²) < 4.78 is 1.18. The molecule has 1 fully saturated rings. The van der Waals surface area contributed by atoms with Crippen LogP contribution in [0.5, 0.6) is 5.75 Å². The van der Waals surface area contributed by atoms with Gasteiger partial charge in [-0.2, -0.15) is 0 Å². The number of ketones is 1. The molecular weight excluding hydrogens is 484 g/mol. The van der Waals surface area contributed by atoms with Gasteiger partial charge in [-0.25, -0.2) is 4.98 Å². The highest BCUT2D eigenvalue weighted by Crippen LogP contribution is 2.33. The standard InChI is InChI=1S/C22H26Br2N2O2/c1-14-7-9-26(10-8-14)22-17(4-3-15(2)25-22)5-6-18(27)11-16-12-19(23)21(28)20(24)13-16/h3-4,12-14,28H,5-11H2,1-2H3. The van der Waals surface area contributed by atoms with Crippen LogP contribution < -0.4 is 4.90 Å². The van der Waals surface area contributed by atoms with Crippen LogP contribution in [0.4, 0.5) is 5.82 Å². The van der Waals surface area contributed by atoms with E-state index in [-0.39, 0.29) is 11.5 Å². The summed E-state index contributed by atoms with van der Waals surface area (Å²) in [4.78, 5) is 19.7. The predicted octanol–water partition coefficient (Wildman–Crippen LogP) is 5.60. The second-order valence-corrected chi connectivity index (χ2v) is 9.44. The third-order valence-corrected chi connectivity index (χ3v) is 6.54. The number of phenols is 1. The highest BCUT2D eigenvalue weighted by Gasteiger charge is 2.20. The Kier molecular flexibility index (Phi) is 7.15. The van der Waals surface area contributed by atoms with Gasteiger partial charge in [0.15, 0.2) is 0 Å². The molecule has 6 heteroatoms. The van der Waals surface area contributed by atoms with Gasteiger partial charge in [-0.1, -0.05) is 13.0 Å². The summed E-state index contributed by atoms with van der Waals surface area (Å²) in [5.74, 6) is 2.16. The molecule has 1 saturated heterocycles. The number of aryl methyl sites for hydroxylation is 2. The van der Waals surface area contributed by atoms with Crippen molar-refractivity contribution in [3.05, 3.63) is 50.0 Å². The van der Waals surface area contributed by atoms with Gasteiger partial charge in [-0.3, -0.25) is 4.79 Å². The summed E-state index contributed by atoms with van der Waals surface area (Å²) in [6.45, 7) is 6.40. The quantitative estimate of drug-likeness (QED) is 0.550. The first-order chi connectivity index (χ1) is 13.3. The number of rotatable bonds is 6. The van der Waals surface area contributed by atoms with Gasteiger partial charge in [0.1, 0.15) is 17.4 Å². The van der Waals surface area contributed by atoms with Crippen molar-refractivity contribution in [2.24, 2.45) is 5.92 Å². The number of Topliss-reactive ketones (excluding diaryl/α,β-unsaturated/α-hetero) is 1. The Bertz CT molecular complexity index is 839. The Morgan fingerprint density at radius 3 is 2.50 bits per heavy atom. The number of benzene rings is 1. The van der Waals surface area contributed by atoms with Crippen molar-refractivity contribution in [1.29, 1.82) is 0 Å². The minimum Gasteiger partial charge on any atom is -0.506 e. The molecule has 0 spiro atoms. The van der Waals surface area contributed by atoms with E-state index in [9.17, 15) is 9.90 Å². The molecule has 0 aliphatic carbocycles. The Hall–Kier alpha value is -1.40. The molecule has 0 amide bonds. The molecule has 1 aromatic carbocycles.